The summed E-state index contributed by atoms with van der Waals surface area (Å²) in [6.45, 7) is 2.70. The molecule has 0 amide bonds. The van der Waals surface area contributed by atoms with Gasteiger partial charge in [-0.1, -0.05) is 18.9 Å². The molecular formula is C14H20F2N2. The van der Waals surface area contributed by atoms with Crippen LogP contribution in [-0.2, 0) is 6.54 Å². The lowest BCUT2D eigenvalue weighted by atomic mass is 10.1. The Balaban J connectivity index is 2.33. The first-order valence-corrected chi connectivity index (χ1v) is 6.62. The van der Waals surface area contributed by atoms with Crippen molar-refractivity contribution in [1.82, 2.24) is 0 Å². The molecule has 2 N–H and O–H groups in total. The van der Waals surface area contributed by atoms with E-state index in [9.17, 15) is 8.78 Å². The molecule has 1 fully saturated rings. The second-order valence-electron chi connectivity index (χ2n) is 4.80. The van der Waals surface area contributed by atoms with Crippen LogP contribution in [-0.4, -0.2) is 12.6 Å². The zero-order valence-corrected chi connectivity index (χ0v) is 10.8. The van der Waals surface area contributed by atoms with Crippen LogP contribution in [0.15, 0.2) is 12.1 Å². The third kappa shape index (κ3) is 2.34. The number of hydrogen-bond donors (Lipinski definition) is 1. The van der Waals surface area contributed by atoms with Gasteiger partial charge < -0.3 is 10.6 Å². The van der Waals surface area contributed by atoms with Gasteiger partial charge in [-0.3, -0.25) is 0 Å². The Bertz CT molecular complexity index is 415. The van der Waals surface area contributed by atoms with Gasteiger partial charge in [0.1, 0.15) is 0 Å². The molecule has 1 aliphatic rings. The molecule has 0 unspecified atom stereocenters. The third-order valence-corrected chi connectivity index (χ3v) is 3.78. The van der Waals surface area contributed by atoms with Gasteiger partial charge in [-0.25, -0.2) is 8.78 Å². The van der Waals surface area contributed by atoms with Gasteiger partial charge in [-0.2, -0.15) is 0 Å². The summed E-state index contributed by atoms with van der Waals surface area (Å²) in [4.78, 5) is 1.98. The molecule has 1 aromatic rings. The predicted octanol–water partition coefficient (Wildman–Crippen LogP) is 3.19. The average molecular weight is 254 g/mol. The smallest absolute Gasteiger partial charge is 0.182 e. The maximum atomic E-state index is 14.1. The molecule has 0 atom stereocenters. The highest BCUT2D eigenvalue weighted by Gasteiger charge is 2.25. The number of rotatable bonds is 4. The molecule has 0 heterocycles. The monoisotopic (exact) mass is 254 g/mol. The van der Waals surface area contributed by atoms with E-state index in [1.54, 1.807) is 12.1 Å². The number of halogens is 2. The van der Waals surface area contributed by atoms with Crippen molar-refractivity contribution < 1.29 is 8.78 Å². The van der Waals surface area contributed by atoms with Gasteiger partial charge in [0, 0.05) is 24.7 Å². The van der Waals surface area contributed by atoms with E-state index in [2.05, 4.69) is 0 Å². The molecular weight excluding hydrogens is 234 g/mol. The lowest BCUT2D eigenvalue weighted by Gasteiger charge is -2.30. The third-order valence-electron chi connectivity index (χ3n) is 3.78. The van der Waals surface area contributed by atoms with E-state index in [1.165, 1.54) is 12.8 Å². The Morgan fingerprint density at radius 1 is 1.22 bits per heavy atom. The van der Waals surface area contributed by atoms with E-state index in [4.69, 9.17) is 5.73 Å². The summed E-state index contributed by atoms with van der Waals surface area (Å²) in [5, 5.41) is 0. The van der Waals surface area contributed by atoms with Crippen LogP contribution in [0.25, 0.3) is 0 Å². The van der Waals surface area contributed by atoms with Crippen molar-refractivity contribution in [3.8, 4) is 0 Å². The number of benzene rings is 1. The van der Waals surface area contributed by atoms with Crippen molar-refractivity contribution in [3.63, 3.8) is 0 Å². The van der Waals surface area contributed by atoms with Crippen LogP contribution in [0.2, 0.25) is 0 Å². The number of nitrogens with zero attached hydrogens (tertiary/aromatic N) is 1. The summed E-state index contributed by atoms with van der Waals surface area (Å²) < 4.78 is 27.8. The normalized spacial score (nSPS) is 16.2. The topological polar surface area (TPSA) is 29.3 Å². The fourth-order valence-electron chi connectivity index (χ4n) is 2.80. The fourth-order valence-corrected chi connectivity index (χ4v) is 2.80. The molecule has 18 heavy (non-hydrogen) atoms. The minimum Gasteiger partial charge on any atom is -0.366 e. The molecule has 2 rings (SSSR count). The Morgan fingerprint density at radius 2 is 1.89 bits per heavy atom. The SMILES string of the molecule is CCN(c1ccc(CN)c(F)c1F)C1CCCC1. The summed E-state index contributed by atoms with van der Waals surface area (Å²) in [6, 6.07) is 3.58. The van der Waals surface area contributed by atoms with Crippen LogP contribution < -0.4 is 10.6 Å². The summed E-state index contributed by atoms with van der Waals surface area (Å²) in [6.07, 6.45) is 4.47. The molecule has 0 bridgehead atoms. The second kappa shape index (κ2) is 5.65. The van der Waals surface area contributed by atoms with E-state index in [0.29, 0.717) is 18.3 Å². The summed E-state index contributed by atoms with van der Waals surface area (Å²) in [5.41, 5.74) is 5.99. The minimum absolute atomic E-state index is 0.0264. The Hall–Kier alpha value is -1.16. The Labute approximate surface area is 107 Å². The van der Waals surface area contributed by atoms with Gasteiger partial charge in [0.2, 0.25) is 0 Å². The van der Waals surface area contributed by atoms with Gasteiger partial charge in [0.05, 0.1) is 5.69 Å². The Morgan fingerprint density at radius 3 is 2.44 bits per heavy atom. The first-order valence-electron chi connectivity index (χ1n) is 6.62. The van der Waals surface area contributed by atoms with Crippen molar-refractivity contribution in [2.75, 3.05) is 11.4 Å². The standard InChI is InChI=1S/C14H20F2N2/c1-2-18(11-5-3-4-6-11)12-8-7-10(9-17)13(15)14(12)16/h7-8,11H,2-6,9,17H2,1H3. The predicted molar refractivity (Wildman–Crippen MR) is 69.5 cm³/mol. The fraction of sp³-hybridized carbons (Fsp3) is 0.571. The van der Waals surface area contributed by atoms with Crippen LogP contribution >= 0.6 is 0 Å². The van der Waals surface area contributed by atoms with E-state index < -0.39 is 11.6 Å². The highest BCUT2D eigenvalue weighted by molar-refractivity contribution is 5.51. The van der Waals surface area contributed by atoms with Gasteiger partial charge in [-0.05, 0) is 25.8 Å². The van der Waals surface area contributed by atoms with Crippen LogP contribution in [0, 0.1) is 11.6 Å². The van der Waals surface area contributed by atoms with Crippen molar-refractivity contribution >= 4 is 5.69 Å². The van der Waals surface area contributed by atoms with Gasteiger partial charge >= 0.3 is 0 Å². The van der Waals surface area contributed by atoms with Crippen molar-refractivity contribution in [3.05, 3.63) is 29.3 Å². The average Bonchev–Trinajstić information content (AvgIpc) is 2.89. The maximum absolute atomic E-state index is 14.1. The molecule has 4 heteroatoms. The van der Waals surface area contributed by atoms with Gasteiger partial charge in [-0.15, -0.1) is 0 Å². The zero-order valence-electron chi connectivity index (χ0n) is 10.8. The number of hydrogen-bond acceptors (Lipinski definition) is 2. The highest BCUT2D eigenvalue weighted by Crippen LogP contribution is 2.31. The molecule has 0 saturated heterocycles. The number of nitrogens with two attached hydrogens (primary N) is 1. The van der Waals surface area contributed by atoms with E-state index in [0.717, 1.165) is 12.8 Å². The Kier molecular flexibility index (Phi) is 4.17. The first-order chi connectivity index (χ1) is 8.69. The zero-order chi connectivity index (χ0) is 13.1. The number of anilines is 1. The van der Waals surface area contributed by atoms with Crippen molar-refractivity contribution in [2.24, 2.45) is 5.73 Å². The highest BCUT2D eigenvalue weighted by atomic mass is 19.2. The molecule has 0 radical (unpaired) electrons. The second-order valence-corrected chi connectivity index (χ2v) is 4.80. The van der Waals surface area contributed by atoms with E-state index >= 15 is 0 Å². The van der Waals surface area contributed by atoms with E-state index in [-0.39, 0.29) is 12.1 Å². The van der Waals surface area contributed by atoms with E-state index in [1.807, 2.05) is 11.8 Å². The van der Waals surface area contributed by atoms with Crippen molar-refractivity contribution in [1.29, 1.82) is 0 Å². The summed E-state index contributed by atoms with van der Waals surface area (Å²) in [7, 11) is 0. The van der Waals surface area contributed by atoms with Crippen molar-refractivity contribution in [2.45, 2.75) is 45.2 Å². The molecule has 1 aliphatic carbocycles. The molecule has 0 spiro atoms. The molecule has 0 aliphatic heterocycles. The maximum Gasteiger partial charge on any atom is 0.182 e. The van der Waals surface area contributed by atoms with Gasteiger partial charge in [0.15, 0.2) is 11.6 Å². The molecule has 1 saturated carbocycles. The van der Waals surface area contributed by atoms with Crippen LogP contribution in [0.4, 0.5) is 14.5 Å². The van der Waals surface area contributed by atoms with Crippen LogP contribution in [0.1, 0.15) is 38.2 Å². The lowest BCUT2D eigenvalue weighted by molar-refractivity contribution is 0.491. The van der Waals surface area contributed by atoms with Crippen LogP contribution in [0.5, 0.6) is 0 Å². The van der Waals surface area contributed by atoms with Crippen LogP contribution in [0.3, 0.4) is 0 Å². The summed E-state index contributed by atoms with van der Waals surface area (Å²) in [5.74, 6) is -1.56. The molecule has 0 aromatic heterocycles. The minimum atomic E-state index is -0.800. The summed E-state index contributed by atoms with van der Waals surface area (Å²) >= 11 is 0. The molecule has 1 aromatic carbocycles. The molecule has 2 nitrogen and oxygen atoms in total. The largest absolute Gasteiger partial charge is 0.366 e. The molecule has 100 valence electrons. The lowest BCUT2D eigenvalue weighted by Crippen LogP contribution is -2.34. The van der Waals surface area contributed by atoms with Gasteiger partial charge in [0.25, 0.3) is 0 Å². The first kappa shape index (κ1) is 13.3. The quantitative estimate of drug-likeness (QED) is 0.894.